The van der Waals surface area contributed by atoms with E-state index in [4.69, 9.17) is 17.0 Å². The number of nitrogens with zero attached hydrogens (tertiary/aromatic N) is 2. The third-order valence-corrected chi connectivity index (χ3v) is 6.56. The van der Waals surface area contributed by atoms with E-state index in [0.29, 0.717) is 23.1 Å². The maximum Gasteiger partial charge on any atom is 0.256 e. The number of benzene rings is 2. The summed E-state index contributed by atoms with van der Waals surface area (Å²) in [4.78, 5) is 29.8. The minimum Gasteiger partial charge on any atom is -0.497 e. The second kappa shape index (κ2) is 10.6. The summed E-state index contributed by atoms with van der Waals surface area (Å²) in [5.74, 6) is 0.331. The van der Waals surface area contributed by atoms with Crippen LogP contribution >= 0.6 is 12.2 Å². The van der Waals surface area contributed by atoms with Crippen LogP contribution in [-0.4, -0.2) is 41.5 Å². The van der Waals surface area contributed by atoms with Gasteiger partial charge in [0.1, 0.15) is 11.8 Å². The van der Waals surface area contributed by atoms with E-state index in [0.717, 1.165) is 24.9 Å². The lowest BCUT2D eigenvalue weighted by Crippen LogP contribution is -2.38. The van der Waals surface area contributed by atoms with E-state index < -0.39 is 6.04 Å². The molecule has 0 bridgehead atoms. The maximum absolute atomic E-state index is 13.4. The summed E-state index contributed by atoms with van der Waals surface area (Å²) in [5, 5.41) is 3.35. The van der Waals surface area contributed by atoms with Gasteiger partial charge in [-0.1, -0.05) is 29.8 Å². The fourth-order valence-electron chi connectivity index (χ4n) is 4.36. The Labute approximate surface area is 200 Å². The first kappa shape index (κ1) is 23.0. The minimum absolute atomic E-state index is 0.0351. The van der Waals surface area contributed by atoms with Crippen LogP contribution in [-0.2, 0) is 9.59 Å². The predicted octanol–water partition coefficient (Wildman–Crippen LogP) is 4.92. The second-order valence-corrected chi connectivity index (χ2v) is 8.71. The second-order valence-electron chi connectivity index (χ2n) is 8.34. The first-order valence-electron chi connectivity index (χ1n) is 11.4. The summed E-state index contributed by atoms with van der Waals surface area (Å²) in [7, 11) is 1.60. The van der Waals surface area contributed by atoms with Crippen molar-refractivity contribution >= 4 is 40.5 Å². The summed E-state index contributed by atoms with van der Waals surface area (Å²) >= 11 is 5.74. The largest absolute Gasteiger partial charge is 0.497 e. The van der Waals surface area contributed by atoms with Crippen LogP contribution in [0.5, 0.6) is 5.75 Å². The zero-order chi connectivity index (χ0) is 23.2. The van der Waals surface area contributed by atoms with Crippen molar-refractivity contribution in [2.45, 2.75) is 44.6 Å². The highest BCUT2D eigenvalue weighted by atomic mass is 32.1. The Morgan fingerprint density at radius 2 is 1.88 bits per heavy atom. The molecular weight excluding hydrogens is 434 g/mol. The molecule has 0 aromatic heterocycles. The van der Waals surface area contributed by atoms with Crippen molar-refractivity contribution in [1.82, 2.24) is 4.90 Å². The van der Waals surface area contributed by atoms with Gasteiger partial charge in [0.15, 0.2) is 5.11 Å². The van der Waals surface area contributed by atoms with E-state index in [-0.39, 0.29) is 18.2 Å². The normalized spacial score (nSPS) is 18.3. The monoisotopic (exact) mass is 463 g/mol. The fourth-order valence-corrected chi connectivity index (χ4v) is 4.77. The number of allylic oxidation sites excluding steroid dienone is 1. The number of hydrogen-bond donors (Lipinski definition) is 1. The third-order valence-electron chi connectivity index (χ3n) is 6.14. The van der Waals surface area contributed by atoms with Gasteiger partial charge in [-0.05, 0) is 80.7 Å². The molecule has 1 aliphatic carbocycles. The van der Waals surface area contributed by atoms with Gasteiger partial charge in [0.25, 0.3) is 5.91 Å². The van der Waals surface area contributed by atoms with Crippen molar-refractivity contribution < 1.29 is 14.3 Å². The molecule has 0 saturated carbocycles. The van der Waals surface area contributed by atoms with Crippen molar-refractivity contribution in [3.63, 3.8) is 0 Å². The van der Waals surface area contributed by atoms with Gasteiger partial charge in [-0.3, -0.25) is 14.5 Å². The van der Waals surface area contributed by atoms with Crippen LogP contribution in [0.15, 0.2) is 66.2 Å². The number of amides is 2. The lowest BCUT2D eigenvalue weighted by Gasteiger charge is -2.25. The maximum atomic E-state index is 13.4. The van der Waals surface area contributed by atoms with E-state index >= 15 is 0 Å². The van der Waals surface area contributed by atoms with Crippen LogP contribution in [0.1, 0.15) is 38.5 Å². The SMILES string of the molecule is COc1ccc(NC(=O)C[C@@H]2C(=O)N(c3ccccc3)C(=S)N2CCC2=CCCCC2)cc1. The van der Waals surface area contributed by atoms with Gasteiger partial charge in [-0.2, -0.15) is 0 Å². The molecule has 172 valence electrons. The number of nitrogens with one attached hydrogen (secondary N) is 1. The molecule has 6 nitrogen and oxygen atoms in total. The molecule has 1 saturated heterocycles. The first-order chi connectivity index (χ1) is 16.1. The quantitative estimate of drug-likeness (QED) is 0.445. The van der Waals surface area contributed by atoms with Crippen molar-refractivity contribution in [1.29, 1.82) is 0 Å². The molecule has 7 heteroatoms. The molecule has 0 spiro atoms. The van der Waals surface area contributed by atoms with E-state index in [1.807, 2.05) is 35.2 Å². The summed E-state index contributed by atoms with van der Waals surface area (Å²) < 4.78 is 5.16. The standard InChI is InChI=1S/C26H29N3O3S/c1-32-22-14-12-20(13-15-22)27-24(30)18-23-25(31)29(21-10-6-3-7-11-21)26(33)28(23)17-16-19-8-4-2-5-9-19/h3,6-8,10-15,23H,2,4-5,9,16-18H2,1H3,(H,27,30)/t23-/m1/s1. The molecular formula is C26H29N3O3S. The number of methoxy groups -OCH3 is 1. The highest BCUT2D eigenvalue weighted by Gasteiger charge is 2.43. The first-order valence-corrected chi connectivity index (χ1v) is 11.8. The number of hydrogen-bond acceptors (Lipinski definition) is 4. The number of rotatable bonds is 8. The number of para-hydroxylation sites is 1. The smallest absolute Gasteiger partial charge is 0.256 e. The van der Waals surface area contributed by atoms with Gasteiger partial charge in [-0.25, -0.2) is 0 Å². The molecule has 1 heterocycles. The zero-order valence-corrected chi connectivity index (χ0v) is 19.6. The van der Waals surface area contributed by atoms with Crippen LogP contribution in [0.3, 0.4) is 0 Å². The topological polar surface area (TPSA) is 61.9 Å². The highest BCUT2D eigenvalue weighted by Crippen LogP contribution is 2.29. The zero-order valence-electron chi connectivity index (χ0n) is 18.8. The molecule has 2 aromatic carbocycles. The van der Waals surface area contributed by atoms with Gasteiger partial charge in [0.05, 0.1) is 19.2 Å². The lowest BCUT2D eigenvalue weighted by atomic mass is 9.97. The third kappa shape index (κ3) is 5.42. The van der Waals surface area contributed by atoms with Crippen molar-refractivity contribution in [3.05, 3.63) is 66.2 Å². The molecule has 33 heavy (non-hydrogen) atoms. The van der Waals surface area contributed by atoms with Crippen molar-refractivity contribution in [3.8, 4) is 5.75 Å². The molecule has 0 unspecified atom stereocenters. The van der Waals surface area contributed by atoms with Gasteiger partial charge in [-0.15, -0.1) is 0 Å². The summed E-state index contributed by atoms with van der Waals surface area (Å²) in [5.41, 5.74) is 2.80. The predicted molar refractivity (Wildman–Crippen MR) is 134 cm³/mol. The minimum atomic E-state index is -0.625. The van der Waals surface area contributed by atoms with E-state index in [2.05, 4.69) is 11.4 Å². The molecule has 2 aliphatic rings. The number of carbonyl (C=O) groups excluding carboxylic acids is 2. The van der Waals surface area contributed by atoms with Crippen molar-refractivity contribution in [2.24, 2.45) is 0 Å². The van der Waals surface area contributed by atoms with Gasteiger partial charge < -0.3 is 15.0 Å². The average Bonchev–Trinajstić information content (AvgIpc) is 3.08. The lowest BCUT2D eigenvalue weighted by molar-refractivity contribution is -0.124. The Morgan fingerprint density at radius 1 is 1.12 bits per heavy atom. The number of thiocarbonyl (C=S) groups is 1. The Morgan fingerprint density at radius 3 is 2.55 bits per heavy atom. The Hall–Kier alpha value is -3.19. The van der Waals surface area contributed by atoms with Crippen LogP contribution in [0.2, 0.25) is 0 Å². The van der Waals surface area contributed by atoms with E-state index in [1.54, 1.807) is 36.3 Å². The van der Waals surface area contributed by atoms with Crippen molar-refractivity contribution in [2.75, 3.05) is 23.9 Å². The Kier molecular flexibility index (Phi) is 7.40. The number of anilines is 2. The van der Waals surface area contributed by atoms with Gasteiger partial charge >= 0.3 is 0 Å². The molecule has 1 aliphatic heterocycles. The molecule has 2 amide bonds. The van der Waals surface area contributed by atoms with E-state index in [9.17, 15) is 9.59 Å². The molecule has 2 aromatic rings. The fraction of sp³-hybridized carbons (Fsp3) is 0.346. The Bertz CT molecular complexity index is 1040. The molecule has 1 N–H and O–H groups in total. The van der Waals surface area contributed by atoms with Crippen LogP contribution < -0.4 is 15.0 Å². The number of ether oxygens (including phenoxy) is 1. The molecule has 1 fully saturated rings. The Balaban J connectivity index is 1.50. The summed E-state index contributed by atoms with van der Waals surface area (Å²) in [6.07, 6.45) is 7.85. The highest BCUT2D eigenvalue weighted by molar-refractivity contribution is 7.80. The van der Waals surface area contributed by atoms with Crippen LogP contribution in [0.4, 0.5) is 11.4 Å². The summed E-state index contributed by atoms with van der Waals surface area (Å²) in [6.45, 7) is 0.625. The number of carbonyl (C=O) groups is 2. The van der Waals surface area contributed by atoms with Crippen LogP contribution in [0.25, 0.3) is 0 Å². The average molecular weight is 464 g/mol. The van der Waals surface area contributed by atoms with Crippen LogP contribution in [0, 0.1) is 0 Å². The molecule has 1 atom stereocenters. The van der Waals surface area contributed by atoms with Gasteiger partial charge in [0.2, 0.25) is 5.91 Å². The molecule has 0 radical (unpaired) electrons. The summed E-state index contributed by atoms with van der Waals surface area (Å²) in [6, 6.07) is 15.9. The van der Waals surface area contributed by atoms with E-state index in [1.165, 1.54) is 18.4 Å². The van der Waals surface area contributed by atoms with Gasteiger partial charge in [0, 0.05) is 12.2 Å². The molecule has 4 rings (SSSR count).